The van der Waals surface area contributed by atoms with E-state index in [-0.39, 0.29) is 16.5 Å². The molecule has 0 amide bonds. The van der Waals surface area contributed by atoms with Gasteiger partial charge in [-0.2, -0.15) is 0 Å². The second kappa shape index (κ2) is 5.42. The molecule has 7 heteroatoms. The molecule has 0 bridgehead atoms. The number of hydrogen-bond donors (Lipinski definition) is 1. The van der Waals surface area contributed by atoms with E-state index in [1.807, 2.05) is 40.0 Å². The number of aromatic amines is 1. The van der Waals surface area contributed by atoms with Gasteiger partial charge in [-0.25, -0.2) is 14.3 Å². The lowest BCUT2D eigenvalue weighted by Gasteiger charge is -2.14. The third-order valence-corrected chi connectivity index (χ3v) is 4.24. The van der Waals surface area contributed by atoms with E-state index in [4.69, 9.17) is 11.6 Å². The van der Waals surface area contributed by atoms with E-state index in [1.54, 1.807) is 0 Å². The van der Waals surface area contributed by atoms with E-state index in [0.717, 1.165) is 10.3 Å². The molecule has 0 fully saturated rings. The Kier molecular flexibility index (Phi) is 4.13. The number of nitrogens with one attached hydrogen (secondary N) is 1. The van der Waals surface area contributed by atoms with Gasteiger partial charge in [-0.05, 0) is 5.92 Å². The smallest absolute Gasteiger partial charge is 0.297 e. The van der Waals surface area contributed by atoms with E-state index < -0.39 is 11.2 Å². The molecule has 1 N–H and O–H groups in total. The van der Waals surface area contributed by atoms with Crippen LogP contribution >= 0.6 is 22.9 Å². The molecule has 2 aromatic heterocycles. The summed E-state index contributed by atoms with van der Waals surface area (Å²) in [6.45, 7) is 9.79. The molecule has 5 nitrogen and oxygen atoms in total. The van der Waals surface area contributed by atoms with Crippen LogP contribution in [0.4, 0.5) is 0 Å². The molecule has 0 saturated heterocycles. The van der Waals surface area contributed by atoms with Gasteiger partial charge in [-0.15, -0.1) is 11.3 Å². The fourth-order valence-corrected chi connectivity index (χ4v) is 3.33. The lowest BCUT2D eigenvalue weighted by Crippen LogP contribution is -2.36. The summed E-state index contributed by atoms with van der Waals surface area (Å²) < 4.78 is 1.06. The zero-order valence-corrected chi connectivity index (χ0v) is 14.2. The normalized spacial score (nSPS) is 12.1. The van der Waals surface area contributed by atoms with Gasteiger partial charge in [-0.1, -0.05) is 46.2 Å². The van der Waals surface area contributed by atoms with Crippen LogP contribution in [0.1, 0.15) is 51.8 Å². The Bertz CT molecular complexity index is 781. The van der Waals surface area contributed by atoms with Crippen molar-refractivity contribution in [1.29, 1.82) is 0 Å². The van der Waals surface area contributed by atoms with Crippen molar-refractivity contribution in [3.63, 3.8) is 0 Å². The molecule has 0 spiro atoms. The van der Waals surface area contributed by atoms with E-state index in [2.05, 4.69) is 9.97 Å². The fraction of sp³-hybridized carbons (Fsp3) is 0.500. The summed E-state index contributed by atoms with van der Waals surface area (Å²) in [5.74, 6) is -0.0878. The number of thiazole rings is 1. The van der Waals surface area contributed by atoms with Crippen LogP contribution in [0, 0.1) is 0 Å². The van der Waals surface area contributed by atoms with Gasteiger partial charge in [0, 0.05) is 10.8 Å². The maximum absolute atomic E-state index is 12.5. The minimum atomic E-state index is -0.566. The maximum atomic E-state index is 12.5. The molecule has 21 heavy (non-hydrogen) atoms. The van der Waals surface area contributed by atoms with Gasteiger partial charge in [0.1, 0.15) is 5.15 Å². The summed E-state index contributed by atoms with van der Waals surface area (Å²) in [5, 5.41) is 2.33. The number of rotatable bonds is 2. The number of H-pyrrole nitrogens is 1. The summed E-state index contributed by atoms with van der Waals surface area (Å²) in [6.07, 6.45) is 0. The lowest BCUT2D eigenvalue weighted by atomic mass is 9.93. The Balaban J connectivity index is 2.71. The first-order chi connectivity index (χ1) is 9.62. The minimum Gasteiger partial charge on any atom is -0.297 e. The highest BCUT2D eigenvalue weighted by Gasteiger charge is 2.21. The maximum Gasteiger partial charge on any atom is 0.336 e. The van der Waals surface area contributed by atoms with Crippen LogP contribution in [0.15, 0.2) is 15.0 Å². The average Bonchev–Trinajstić information content (AvgIpc) is 2.76. The van der Waals surface area contributed by atoms with E-state index in [0.29, 0.717) is 10.7 Å². The van der Waals surface area contributed by atoms with Crippen molar-refractivity contribution in [2.45, 2.75) is 46.0 Å². The Morgan fingerprint density at radius 1 is 1.33 bits per heavy atom. The first-order valence-corrected chi connectivity index (χ1v) is 7.89. The van der Waals surface area contributed by atoms with E-state index >= 15 is 0 Å². The van der Waals surface area contributed by atoms with Gasteiger partial charge < -0.3 is 0 Å². The standard InChI is InChI=1S/C14H18ClN3O2S/c1-7(2)9-10(15)17-12(20)18(11(9)19)13-16-8(6-21-13)14(3,4)5/h6-7H,1-5H3,(H,17,20). The third kappa shape index (κ3) is 2.96. The summed E-state index contributed by atoms with van der Waals surface area (Å²) in [5.41, 5.74) is 0.120. The monoisotopic (exact) mass is 327 g/mol. The highest BCUT2D eigenvalue weighted by atomic mass is 35.5. The predicted octanol–water partition coefficient (Wildman–Crippen LogP) is 3.06. The summed E-state index contributed by atoms with van der Waals surface area (Å²) >= 11 is 7.25. The molecule has 0 unspecified atom stereocenters. The van der Waals surface area contributed by atoms with Crippen LogP contribution in [-0.4, -0.2) is 14.5 Å². The number of nitrogens with zero attached hydrogens (tertiary/aromatic N) is 2. The van der Waals surface area contributed by atoms with Crippen molar-refractivity contribution in [2.24, 2.45) is 0 Å². The molecule has 2 rings (SSSR count). The van der Waals surface area contributed by atoms with Crippen LogP contribution in [0.5, 0.6) is 0 Å². The van der Waals surface area contributed by atoms with Crippen LogP contribution in [0.3, 0.4) is 0 Å². The van der Waals surface area contributed by atoms with Crippen LogP contribution in [0.25, 0.3) is 5.13 Å². The van der Waals surface area contributed by atoms with E-state index in [9.17, 15) is 9.59 Å². The summed E-state index contributed by atoms with van der Waals surface area (Å²) in [6, 6.07) is 0. The van der Waals surface area contributed by atoms with Gasteiger partial charge in [0.15, 0.2) is 0 Å². The molecule has 2 aromatic rings. The third-order valence-electron chi connectivity index (χ3n) is 3.12. The van der Waals surface area contributed by atoms with Gasteiger partial charge in [0.2, 0.25) is 5.13 Å². The molecule has 0 radical (unpaired) electrons. The number of halogens is 1. The molecule has 0 atom stereocenters. The van der Waals surface area contributed by atoms with Crippen LogP contribution in [-0.2, 0) is 5.41 Å². The van der Waals surface area contributed by atoms with Gasteiger partial charge in [-0.3, -0.25) is 9.78 Å². The van der Waals surface area contributed by atoms with Crippen LogP contribution in [0.2, 0.25) is 5.15 Å². The first-order valence-electron chi connectivity index (χ1n) is 6.64. The van der Waals surface area contributed by atoms with Gasteiger partial charge in [0.05, 0.1) is 11.3 Å². The summed E-state index contributed by atoms with van der Waals surface area (Å²) in [4.78, 5) is 31.6. The molecule has 2 heterocycles. The van der Waals surface area contributed by atoms with Crippen molar-refractivity contribution >= 4 is 22.9 Å². The zero-order valence-electron chi connectivity index (χ0n) is 12.7. The molecule has 114 valence electrons. The van der Waals surface area contributed by atoms with Crippen molar-refractivity contribution in [1.82, 2.24) is 14.5 Å². The molecule has 0 aliphatic rings. The van der Waals surface area contributed by atoms with E-state index in [1.165, 1.54) is 11.3 Å². The van der Waals surface area contributed by atoms with Crippen molar-refractivity contribution in [2.75, 3.05) is 0 Å². The molecule has 0 aliphatic carbocycles. The minimum absolute atomic E-state index is 0.0878. The topological polar surface area (TPSA) is 67.8 Å². The Morgan fingerprint density at radius 3 is 2.43 bits per heavy atom. The Labute approximate surface area is 131 Å². The zero-order chi connectivity index (χ0) is 15.9. The fourth-order valence-electron chi connectivity index (χ4n) is 1.91. The second-order valence-corrected chi connectivity index (χ2v) is 7.43. The summed E-state index contributed by atoms with van der Waals surface area (Å²) in [7, 11) is 0. The largest absolute Gasteiger partial charge is 0.336 e. The molecule has 0 aromatic carbocycles. The highest BCUT2D eigenvalue weighted by molar-refractivity contribution is 7.12. The molecule has 0 aliphatic heterocycles. The van der Waals surface area contributed by atoms with Gasteiger partial charge in [0.25, 0.3) is 5.56 Å². The Hall–Kier alpha value is -1.40. The van der Waals surface area contributed by atoms with Gasteiger partial charge >= 0.3 is 5.69 Å². The molecule has 0 saturated carbocycles. The SMILES string of the molecule is CC(C)c1c(Cl)[nH]c(=O)n(-c2nc(C(C)(C)C)cs2)c1=O. The molecular weight excluding hydrogens is 310 g/mol. The van der Waals surface area contributed by atoms with Crippen molar-refractivity contribution < 1.29 is 0 Å². The number of aromatic nitrogens is 3. The average molecular weight is 328 g/mol. The van der Waals surface area contributed by atoms with Crippen molar-refractivity contribution in [3.8, 4) is 5.13 Å². The quantitative estimate of drug-likeness (QED) is 0.862. The highest BCUT2D eigenvalue weighted by Crippen LogP contribution is 2.25. The predicted molar refractivity (Wildman–Crippen MR) is 86.1 cm³/mol. The first kappa shape index (κ1) is 16.0. The van der Waals surface area contributed by atoms with Crippen molar-refractivity contribution in [3.05, 3.63) is 42.6 Å². The second-order valence-electron chi connectivity index (χ2n) is 6.22. The molecular formula is C14H18ClN3O2S. The number of hydrogen-bond acceptors (Lipinski definition) is 4. The Morgan fingerprint density at radius 2 is 1.95 bits per heavy atom. The van der Waals surface area contributed by atoms with Crippen LogP contribution < -0.4 is 11.2 Å². The lowest BCUT2D eigenvalue weighted by molar-refractivity contribution is 0.571.